The summed E-state index contributed by atoms with van der Waals surface area (Å²) in [4.78, 5) is 12.0. The summed E-state index contributed by atoms with van der Waals surface area (Å²) in [7, 11) is 1.29. The van der Waals surface area contributed by atoms with E-state index >= 15 is 0 Å². The predicted molar refractivity (Wildman–Crippen MR) is 86.2 cm³/mol. The smallest absolute Gasteiger partial charge is 0.374 e. The molecule has 1 aromatic carbocycles. The van der Waals surface area contributed by atoms with Crippen LogP contribution in [0.4, 0.5) is 4.39 Å². The lowest BCUT2D eigenvalue weighted by Gasteiger charge is -2.29. The Kier molecular flexibility index (Phi) is 4.71. The van der Waals surface area contributed by atoms with Crippen LogP contribution in [0.3, 0.4) is 0 Å². The fourth-order valence-electron chi connectivity index (χ4n) is 3.26. The van der Waals surface area contributed by atoms with Crippen molar-refractivity contribution in [1.29, 1.82) is 0 Å². The summed E-state index contributed by atoms with van der Waals surface area (Å²) < 4.78 is 23.6. The second kappa shape index (κ2) is 6.77. The molecular formula is C19H21FO4. The maximum absolute atomic E-state index is 13.1. The number of carbonyl (C=O) groups is 1. The minimum atomic E-state index is -1.03. The van der Waals surface area contributed by atoms with E-state index in [1.165, 1.54) is 19.2 Å². The summed E-state index contributed by atoms with van der Waals surface area (Å²) in [6.07, 6.45) is 4.60. The topological polar surface area (TPSA) is 59.7 Å². The van der Waals surface area contributed by atoms with Crippen LogP contribution in [0.2, 0.25) is 0 Å². The number of halogens is 1. The standard InChI is InChI=1S/C19H21FO4/c1-23-18(21)17-14(11-13-5-7-15(20)8-6-13)12-16(24-17)19(22)9-3-2-4-10-19/h5-8,12,22H,2-4,9-11H2,1H3. The SMILES string of the molecule is COC(=O)c1oc(C2(O)CCCCC2)cc1Cc1ccc(F)cc1. The Morgan fingerprint density at radius 3 is 2.54 bits per heavy atom. The third-order valence-corrected chi connectivity index (χ3v) is 4.63. The molecule has 5 heteroatoms. The molecule has 0 saturated heterocycles. The maximum atomic E-state index is 13.1. The monoisotopic (exact) mass is 332 g/mol. The molecule has 0 radical (unpaired) electrons. The van der Waals surface area contributed by atoms with Crippen LogP contribution in [-0.4, -0.2) is 18.2 Å². The lowest BCUT2D eigenvalue weighted by atomic mass is 9.83. The van der Waals surface area contributed by atoms with Gasteiger partial charge in [-0.2, -0.15) is 0 Å². The number of rotatable bonds is 4. The van der Waals surface area contributed by atoms with Crippen LogP contribution < -0.4 is 0 Å². The molecule has 1 heterocycles. The molecule has 24 heavy (non-hydrogen) atoms. The van der Waals surface area contributed by atoms with Crippen molar-refractivity contribution < 1.29 is 23.4 Å². The van der Waals surface area contributed by atoms with Crippen LogP contribution in [-0.2, 0) is 16.8 Å². The molecule has 1 saturated carbocycles. The van der Waals surface area contributed by atoms with Crippen molar-refractivity contribution in [2.75, 3.05) is 7.11 Å². The van der Waals surface area contributed by atoms with E-state index in [-0.39, 0.29) is 11.6 Å². The van der Waals surface area contributed by atoms with Crippen molar-refractivity contribution in [1.82, 2.24) is 0 Å². The molecule has 3 rings (SSSR count). The molecule has 0 spiro atoms. The van der Waals surface area contributed by atoms with Crippen molar-refractivity contribution in [3.63, 3.8) is 0 Å². The van der Waals surface area contributed by atoms with E-state index in [0.29, 0.717) is 30.6 Å². The van der Waals surface area contributed by atoms with E-state index in [1.807, 2.05) is 0 Å². The van der Waals surface area contributed by atoms with Crippen molar-refractivity contribution in [3.05, 3.63) is 58.8 Å². The number of hydrogen-bond donors (Lipinski definition) is 1. The van der Waals surface area contributed by atoms with Crippen LogP contribution in [0.5, 0.6) is 0 Å². The van der Waals surface area contributed by atoms with E-state index < -0.39 is 11.6 Å². The number of furan rings is 1. The van der Waals surface area contributed by atoms with E-state index in [4.69, 9.17) is 9.15 Å². The fourth-order valence-corrected chi connectivity index (χ4v) is 3.26. The molecule has 1 aromatic heterocycles. The average Bonchev–Trinajstić information content (AvgIpc) is 3.02. The fraction of sp³-hybridized carbons (Fsp3) is 0.421. The maximum Gasteiger partial charge on any atom is 0.374 e. The van der Waals surface area contributed by atoms with Gasteiger partial charge in [0.1, 0.15) is 17.2 Å². The number of esters is 1. The molecule has 0 amide bonds. The Bertz CT molecular complexity index is 711. The lowest BCUT2D eigenvalue weighted by molar-refractivity contribution is -0.0208. The van der Waals surface area contributed by atoms with Crippen molar-refractivity contribution in [2.24, 2.45) is 0 Å². The molecule has 1 aliphatic carbocycles. The molecule has 1 aliphatic rings. The van der Waals surface area contributed by atoms with Crippen LogP contribution in [0.25, 0.3) is 0 Å². The second-order valence-electron chi connectivity index (χ2n) is 6.35. The molecule has 0 bridgehead atoms. The van der Waals surface area contributed by atoms with Gasteiger partial charge in [0.15, 0.2) is 0 Å². The van der Waals surface area contributed by atoms with Gasteiger partial charge in [0.2, 0.25) is 5.76 Å². The number of hydrogen-bond acceptors (Lipinski definition) is 4. The van der Waals surface area contributed by atoms with Gasteiger partial charge in [-0.3, -0.25) is 0 Å². The molecular weight excluding hydrogens is 311 g/mol. The first-order valence-electron chi connectivity index (χ1n) is 8.20. The zero-order valence-electron chi connectivity index (χ0n) is 13.7. The summed E-state index contributed by atoms with van der Waals surface area (Å²) in [5, 5.41) is 10.8. The Morgan fingerprint density at radius 1 is 1.25 bits per heavy atom. The van der Waals surface area contributed by atoms with Gasteiger partial charge in [-0.25, -0.2) is 9.18 Å². The highest BCUT2D eigenvalue weighted by Crippen LogP contribution is 2.39. The number of aliphatic hydroxyl groups is 1. The van der Waals surface area contributed by atoms with Gasteiger partial charge in [-0.05, 0) is 36.6 Å². The molecule has 4 nitrogen and oxygen atoms in total. The average molecular weight is 332 g/mol. The zero-order valence-corrected chi connectivity index (χ0v) is 13.7. The highest BCUT2D eigenvalue weighted by atomic mass is 19.1. The van der Waals surface area contributed by atoms with Crippen molar-refractivity contribution in [3.8, 4) is 0 Å². The number of ether oxygens (including phenoxy) is 1. The molecule has 1 N–H and O–H groups in total. The third kappa shape index (κ3) is 3.36. The highest BCUT2D eigenvalue weighted by Gasteiger charge is 2.36. The Morgan fingerprint density at radius 2 is 1.92 bits per heavy atom. The zero-order chi connectivity index (χ0) is 17.2. The van der Waals surface area contributed by atoms with Crippen molar-refractivity contribution in [2.45, 2.75) is 44.1 Å². The van der Waals surface area contributed by atoms with E-state index in [2.05, 4.69) is 0 Å². The number of carbonyl (C=O) groups excluding carboxylic acids is 1. The van der Waals surface area contributed by atoms with Crippen LogP contribution in [0.1, 0.15) is 59.5 Å². The minimum Gasteiger partial charge on any atom is -0.463 e. The second-order valence-corrected chi connectivity index (χ2v) is 6.35. The van der Waals surface area contributed by atoms with Gasteiger partial charge in [-0.15, -0.1) is 0 Å². The Labute approximate surface area is 140 Å². The van der Waals surface area contributed by atoms with Crippen LogP contribution in [0.15, 0.2) is 34.7 Å². The normalized spacial score (nSPS) is 16.8. The van der Waals surface area contributed by atoms with Gasteiger partial charge >= 0.3 is 5.97 Å². The molecule has 2 aromatic rings. The summed E-state index contributed by atoms with van der Waals surface area (Å²) in [6.45, 7) is 0. The first kappa shape index (κ1) is 16.7. The summed E-state index contributed by atoms with van der Waals surface area (Å²) in [6, 6.07) is 7.82. The molecule has 1 fully saturated rings. The third-order valence-electron chi connectivity index (χ3n) is 4.63. The lowest BCUT2D eigenvalue weighted by Crippen LogP contribution is -2.27. The van der Waals surface area contributed by atoms with Gasteiger partial charge in [-0.1, -0.05) is 31.4 Å². The van der Waals surface area contributed by atoms with Gasteiger partial charge in [0.25, 0.3) is 0 Å². The van der Waals surface area contributed by atoms with Gasteiger partial charge < -0.3 is 14.3 Å². The first-order chi connectivity index (χ1) is 11.5. The Hall–Kier alpha value is -2.14. The summed E-state index contributed by atoms with van der Waals surface area (Å²) in [5.41, 5.74) is 0.467. The van der Waals surface area contributed by atoms with Crippen molar-refractivity contribution >= 4 is 5.97 Å². The quantitative estimate of drug-likeness (QED) is 0.861. The van der Waals surface area contributed by atoms with E-state index in [0.717, 1.165) is 24.8 Å². The van der Waals surface area contributed by atoms with E-state index in [9.17, 15) is 14.3 Å². The van der Waals surface area contributed by atoms with Gasteiger partial charge in [0.05, 0.1) is 7.11 Å². The summed E-state index contributed by atoms with van der Waals surface area (Å²) >= 11 is 0. The predicted octanol–water partition coefficient (Wildman–Crippen LogP) is 3.95. The molecule has 0 unspecified atom stereocenters. The molecule has 0 aliphatic heterocycles. The van der Waals surface area contributed by atoms with E-state index in [1.54, 1.807) is 18.2 Å². The minimum absolute atomic E-state index is 0.107. The summed E-state index contributed by atoms with van der Waals surface area (Å²) in [5.74, 6) is -0.357. The number of benzene rings is 1. The van der Waals surface area contributed by atoms with Crippen LogP contribution in [0, 0.1) is 5.82 Å². The van der Waals surface area contributed by atoms with Gasteiger partial charge in [0, 0.05) is 12.0 Å². The highest BCUT2D eigenvalue weighted by molar-refractivity contribution is 5.88. The molecule has 0 atom stereocenters. The Balaban J connectivity index is 1.94. The van der Waals surface area contributed by atoms with Crippen LogP contribution >= 0.6 is 0 Å². The number of methoxy groups -OCH3 is 1. The largest absolute Gasteiger partial charge is 0.463 e. The molecule has 128 valence electrons. The first-order valence-corrected chi connectivity index (χ1v) is 8.20.